The summed E-state index contributed by atoms with van der Waals surface area (Å²) in [6.45, 7) is 1.92. The minimum atomic E-state index is -0.596. The van der Waals surface area contributed by atoms with Crippen molar-refractivity contribution in [2.75, 3.05) is 11.9 Å². The number of aromatic nitrogens is 2. The van der Waals surface area contributed by atoms with Gasteiger partial charge in [0, 0.05) is 12.1 Å². The number of rotatable bonds is 5. The molecule has 1 heterocycles. The summed E-state index contributed by atoms with van der Waals surface area (Å²) in [5.74, 6) is -1.01. The van der Waals surface area contributed by atoms with E-state index in [1.165, 1.54) is 36.8 Å². The highest BCUT2D eigenvalue weighted by molar-refractivity contribution is 5.93. The number of hydrogen-bond acceptors (Lipinski definition) is 5. The first-order chi connectivity index (χ1) is 12.6. The fraction of sp³-hybridized carbons (Fsp3) is 0.421. The lowest BCUT2D eigenvalue weighted by Gasteiger charge is -2.24. The maximum Gasteiger partial charge on any atom is 0.360 e. The van der Waals surface area contributed by atoms with Crippen LogP contribution < -0.4 is 10.9 Å². The Kier molecular flexibility index (Phi) is 5.65. The lowest BCUT2D eigenvalue weighted by Crippen LogP contribution is -2.29. The van der Waals surface area contributed by atoms with Crippen molar-refractivity contribution in [3.63, 3.8) is 0 Å². The van der Waals surface area contributed by atoms with Crippen LogP contribution in [0.5, 0.6) is 0 Å². The number of ether oxygens (including phenoxy) is 1. The Morgan fingerprint density at radius 3 is 2.62 bits per heavy atom. The summed E-state index contributed by atoms with van der Waals surface area (Å²) in [5, 5.41) is 7.48. The second kappa shape index (κ2) is 8.12. The zero-order chi connectivity index (χ0) is 18.5. The predicted molar refractivity (Wildman–Crippen MR) is 96.2 cm³/mol. The molecule has 2 aromatic rings. The molecule has 1 aliphatic carbocycles. The van der Waals surface area contributed by atoms with Gasteiger partial charge in [-0.2, -0.15) is 9.78 Å². The summed E-state index contributed by atoms with van der Waals surface area (Å²) in [5.41, 5.74) is 0.425. The fourth-order valence-electron chi connectivity index (χ4n) is 3.15. The lowest BCUT2D eigenvalue weighted by atomic mass is 9.95. The number of carbonyl (C=O) groups is 1. The van der Waals surface area contributed by atoms with E-state index in [2.05, 4.69) is 10.4 Å². The Bertz CT molecular complexity index is 827. The van der Waals surface area contributed by atoms with E-state index in [0.717, 1.165) is 30.4 Å². The molecule has 0 aliphatic heterocycles. The Hall–Kier alpha value is -2.70. The summed E-state index contributed by atoms with van der Waals surface area (Å²) in [6, 6.07) is 6.92. The number of carbonyl (C=O) groups excluding carboxylic acids is 1. The monoisotopic (exact) mass is 359 g/mol. The van der Waals surface area contributed by atoms with E-state index in [1.807, 2.05) is 0 Å². The number of nitrogens with zero attached hydrogens (tertiary/aromatic N) is 2. The number of esters is 1. The summed E-state index contributed by atoms with van der Waals surface area (Å²) >= 11 is 0. The SMILES string of the molecule is CCOC(=O)c1nn(-c2ccc(F)cc2)c(=O)cc1NC1CCCCC1. The second-order valence-corrected chi connectivity index (χ2v) is 6.33. The van der Waals surface area contributed by atoms with Crippen LogP contribution in [0.3, 0.4) is 0 Å². The van der Waals surface area contributed by atoms with Crippen molar-refractivity contribution < 1.29 is 13.9 Å². The van der Waals surface area contributed by atoms with E-state index < -0.39 is 17.3 Å². The van der Waals surface area contributed by atoms with Crippen LogP contribution in [-0.2, 0) is 4.74 Å². The van der Waals surface area contributed by atoms with Gasteiger partial charge in [-0.25, -0.2) is 9.18 Å². The average molecular weight is 359 g/mol. The molecular weight excluding hydrogens is 337 g/mol. The zero-order valence-corrected chi connectivity index (χ0v) is 14.7. The second-order valence-electron chi connectivity index (χ2n) is 6.33. The van der Waals surface area contributed by atoms with E-state index in [1.54, 1.807) is 6.92 Å². The van der Waals surface area contributed by atoms with E-state index in [9.17, 15) is 14.0 Å². The summed E-state index contributed by atoms with van der Waals surface area (Å²) in [7, 11) is 0. The number of halogens is 1. The topological polar surface area (TPSA) is 73.2 Å². The van der Waals surface area contributed by atoms with Crippen LogP contribution in [0.1, 0.15) is 49.5 Å². The molecule has 0 unspecified atom stereocenters. The molecule has 1 aromatic carbocycles. The quantitative estimate of drug-likeness (QED) is 0.830. The van der Waals surface area contributed by atoms with E-state index >= 15 is 0 Å². The van der Waals surface area contributed by atoms with Gasteiger partial charge >= 0.3 is 5.97 Å². The van der Waals surface area contributed by atoms with Crippen molar-refractivity contribution in [2.45, 2.75) is 45.1 Å². The molecule has 3 rings (SSSR count). The molecule has 26 heavy (non-hydrogen) atoms. The minimum absolute atomic E-state index is 0.0568. The molecule has 0 radical (unpaired) electrons. The van der Waals surface area contributed by atoms with E-state index in [-0.39, 0.29) is 18.3 Å². The van der Waals surface area contributed by atoms with Crippen LogP contribution in [0.25, 0.3) is 5.69 Å². The summed E-state index contributed by atoms with van der Waals surface area (Å²) < 4.78 is 19.3. The summed E-state index contributed by atoms with van der Waals surface area (Å²) in [6.07, 6.45) is 5.42. The molecule has 0 amide bonds. The Balaban J connectivity index is 2.00. The van der Waals surface area contributed by atoms with Gasteiger partial charge in [-0.15, -0.1) is 0 Å². The first-order valence-corrected chi connectivity index (χ1v) is 8.92. The first-order valence-electron chi connectivity index (χ1n) is 8.92. The highest BCUT2D eigenvalue weighted by Crippen LogP contribution is 2.23. The molecule has 1 saturated carbocycles. The molecule has 6 nitrogen and oxygen atoms in total. The smallest absolute Gasteiger partial charge is 0.360 e. The van der Waals surface area contributed by atoms with Crippen molar-refractivity contribution in [1.29, 1.82) is 0 Å². The molecule has 138 valence electrons. The van der Waals surface area contributed by atoms with Gasteiger partial charge in [0.25, 0.3) is 5.56 Å². The molecule has 1 aliphatic rings. The summed E-state index contributed by atoms with van der Waals surface area (Å²) in [4.78, 5) is 24.9. The predicted octanol–water partition coefficient (Wildman–Crippen LogP) is 3.29. The van der Waals surface area contributed by atoms with Gasteiger partial charge in [0.2, 0.25) is 0 Å². The van der Waals surface area contributed by atoms with Crippen LogP contribution in [0.15, 0.2) is 35.1 Å². The van der Waals surface area contributed by atoms with Gasteiger partial charge in [-0.1, -0.05) is 19.3 Å². The highest BCUT2D eigenvalue weighted by atomic mass is 19.1. The maximum absolute atomic E-state index is 13.1. The molecule has 0 bridgehead atoms. The third kappa shape index (κ3) is 4.09. The molecule has 7 heteroatoms. The average Bonchev–Trinajstić information content (AvgIpc) is 2.64. The molecule has 1 fully saturated rings. The zero-order valence-electron chi connectivity index (χ0n) is 14.7. The van der Waals surface area contributed by atoms with Crippen molar-refractivity contribution in [3.8, 4) is 5.69 Å². The number of nitrogens with one attached hydrogen (secondary N) is 1. The molecular formula is C19H22FN3O3. The van der Waals surface area contributed by atoms with Crippen molar-refractivity contribution >= 4 is 11.7 Å². The fourth-order valence-corrected chi connectivity index (χ4v) is 3.15. The van der Waals surface area contributed by atoms with Gasteiger partial charge in [0.1, 0.15) is 5.82 Å². The maximum atomic E-state index is 13.1. The normalized spacial score (nSPS) is 14.8. The Morgan fingerprint density at radius 2 is 1.96 bits per heavy atom. The van der Waals surface area contributed by atoms with Gasteiger partial charge < -0.3 is 10.1 Å². The Labute approximate surface area is 151 Å². The molecule has 1 N–H and O–H groups in total. The number of benzene rings is 1. The largest absolute Gasteiger partial charge is 0.461 e. The Morgan fingerprint density at radius 1 is 1.27 bits per heavy atom. The van der Waals surface area contributed by atoms with E-state index in [0.29, 0.717) is 11.4 Å². The highest BCUT2D eigenvalue weighted by Gasteiger charge is 2.21. The van der Waals surface area contributed by atoms with Crippen LogP contribution in [-0.4, -0.2) is 28.4 Å². The van der Waals surface area contributed by atoms with Crippen LogP contribution in [0.2, 0.25) is 0 Å². The van der Waals surface area contributed by atoms with Gasteiger partial charge in [0.05, 0.1) is 18.0 Å². The first kappa shape index (κ1) is 18.1. The van der Waals surface area contributed by atoms with Gasteiger partial charge in [-0.3, -0.25) is 4.79 Å². The minimum Gasteiger partial charge on any atom is -0.461 e. The number of hydrogen-bond donors (Lipinski definition) is 1. The van der Waals surface area contributed by atoms with Crippen LogP contribution in [0, 0.1) is 5.82 Å². The van der Waals surface area contributed by atoms with Crippen molar-refractivity contribution in [3.05, 3.63) is 52.2 Å². The molecule has 0 saturated heterocycles. The van der Waals surface area contributed by atoms with Crippen molar-refractivity contribution in [1.82, 2.24) is 9.78 Å². The standard InChI is InChI=1S/C19H22FN3O3/c1-2-26-19(25)18-16(21-14-6-4-3-5-7-14)12-17(24)23(22-18)15-10-8-13(20)9-11-15/h8-12,14,21H,2-7H2,1H3. The van der Waals surface area contributed by atoms with Gasteiger partial charge in [0.15, 0.2) is 5.69 Å². The molecule has 0 spiro atoms. The van der Waals surface area contributed by atoms with Gasteiger partial charge in [-0.05, 0) is 44.0 Å². The number of anilines is 1. The molecule has 1 aromatic heterocycles. The van der Waals surface area contributed by atoms with Crippen LogP contribution in [0.4, 0.5) is 10.1 Å². The van der Waals surface area contributed by atoms with Crippen LogP contribution >= 0.6 is 0 Å². The van der Waals surface area contributed by atoms with E-state index in [4.69, 9.17) is 4.74 Å². The molecule has 0 atom stereocenters. The lowest BCUT2D eigenvalue weighted by molar-refractivity contribution is 0.0518. The third-order valence-corrected chi connectivity index (χ3v) is 4.44. The van der Waals surface area contributed by atoms with Crippen molar-refractivity contribution in [2.24, 2.45) is 0 Å². The third-order valence-electron chi connectivity index (χ3n) is 4.44.